The maximum Gasteiger partial charge on any atom is 0.341 e. The SMILES string of the molecule is CCOC(=O)c1cnc(CC2(c3cccc(OC)c3)CC2)nc1.COc1cccc(C2(Cc3ncc(C(=O)CN)cn3)CC2)c1. The third-order valence-electron chi connectivity index (χ3n) is 8.49. The smallest absolute Gasteiger partial charge is 0.341 e. The molecule has 0 spiro atoms. The second-order valence-corrected chi connectivity index (χ2v) is 11.5. The van der Waals surface area contributed by atoms with Gasteiger partial charge in [0.15, 0.2) is 5.78 Å². The van der Waals surface area contributed by atoms with Crippen LogP contribution in [0.5, 0.6) is 11.5 Å². The Morgan fingerprint density at radius 2 is 1.18 bits per heavy atom. The van der Waals surface area contributed by atoms with E-state index in [0.717, 1.165) is 61.7 Å². The lowest BCUT2D eigenvalue weighted by Crippen LogP contribution is -2.16. The molecule has 2 aromatic heterocycles. The van der Waals surface area contributed by atoms with Crippen molar-refractivity contribution in [2.45, 2.75) is 56.3 Å². The highest BCUT2D eigenvalue weighted by molar-refractivity contribution is 5.96. The van der Waals surface area contributed by atoms with Crippen molar-refractivity contribution in [2.24, 2.45) is 5.73 Å². The molecular weight excluding hydrogens is 570 g/mol. The molecule has 2 N–H and O–H groups in total. The fourth-order valence-corrected chi connectivity index (χ4v) is 5.42. The molecule has 0 bridgehead atoms. The van der Waals surface area contributed by atoms with Gasteiger partial charge in [-0.25, -0.2) is 24.7 Å². The average molecular weight is 610 g/mol. The number of aromatic nitrogens is 4. The predicted molar refractivity (Wildman–Crippen MR) is 169 cm³/mol. The number of ketones is 1. The van der Waals surface area contributed by atoms with Crippen LogP contribution < -0.4 is 15.2 Å². The minimum atomic E-state index is -0.381. The van der Waals surface area contributed by atoms with E-state index < -0.39 is 0 Å². The molecular formula is C35H39N5O5. The molecule has 234 valence electrons. The van der Waals surface area contributed by atoms with E-state index in [2.05, 4.69) is 44.2 Å². The van der Waals surface area contributed by atoms with Gasteiger partial charge in [0.05, 0.1) is 38.5 Å². The Labute approximate surface area is 263 Å². The van der Waals surface area contributed by atoms with Crippen molar-refractivity contribution in [1.82, 2.24) is 19.9 Å². The van der Waals surface area contributed by atoms with Gasteiger partial charge in [-0.15, -0.1) is 0 Å². The quantitative estimate of drug-likeness (QED) is 0.175. The fraction of sp³-hybridized carbons (Fsp3) is 0.371. The molecule has 0 atom stereocenters. The van der Waals surface area contributed by atoms with Gasteiger partial charge in [-0.3, -0.25) is 4.79 Å². The molecule has 2 fully saturated rings. The van der Waals surface area contributed by atoms with E-state index in [1.165, 1.54) is 11.1 Å². The third kappa shape index (κ3) is 7.69. The van der Waals surface area contributed by atoms with Crippen LogP contribution in [0.4, 0.5) is 0 Å². The number of nitrogens with zero attached hydrogens (tertiary/aromatic N) is 4. The summed E-state index contributed by atoms with van der Waals surface area (Å²) in [6.07, 6.45) is 12.2. The standard InChI is InChI=1S/C18H20N2O3.C17H19N3O2/c1-3-23-17(21)13-11-19-16(20-12-13)10-18(7-8-18)14-5-4-6-15(9-14)22-2;1-22-14-4-2-3-13(7-14)17(5-6-17)8-16-19-10-12(11-20-16)15(21)9-18/h4-6,9,11-12H,3,7-8,10H2,1-2H3;2-4,7,10-11H,5-6,8-9,18H2,1H3. The summed E-state index contributed by atoms with van der Waals surface area (Å²) >= 11 is 0. The molecule has 4 aromatic rings. The summed E-state index contributed by atoms with van der Waals surface area (Å²) in [7, 11) is 3.35. The van der Waals surface area contributed by atoms with E-state index in [4.69, 9.17) is 19.9 Å². The number of Topliss-reactive ketones (excluding diaryl/α,β-unsaturated/α-hetero) is 1. The topological polar surface area (TPSA) is 139 Å². The van der Waals surface area contributed by atoms with Gasteiger partial charge < -0.3 is 19.9 Å². The lowest BCUT2D eigenvalue weighted by atomic mass is 9.92. The van der Waals surface area contributed by atoms with E-state index in [0.29, 0.717) is 17.7 Å². The summed E-state index contributed by atoms with van der Waals surface area (Å²) in [5.41, 5.74) is 8.92. The average Bonchev–Trinajstić information content (AvgIpc) is 4.03. The number of hydrogen-bond donors (Lipinski definition) is 1. The molecule has 0 radical (unpaired) electrons. The third-order valence-corrected chi connectivity index (χ3v) is 8.49. The highest BCUT2D eigenvalue weighted by Crippen LogP contribution is 2.51. The van der Waals surface area contributed by atoms with E-state index >= 15 is 0 Å². The predicted octanol–water partition coefficient (Wildman–Crippen LogP) is 4.84. The van der Waals surface area contributed by atoms with Crippen molar-refractivity contribution in [2.75, 3.05) is 27.4 Å². The van der Waals surface area contributed by atoms with E-state index in [-0.39, 0.29) is 29.1 Å². The number of esters is 1. The monoisotopic (exact) mass is 609 g/mol. The number of carbonyl (C=O) groups is 2. The fourth-order valence-electron chi connectivity index (χ4n) is 5.42. The number of nitrogens with two attached hydrogens (primary N) is 1. The van der Waals surface area contributed by atoms with Crippen LogP contribution in [0.3, 0.4) is 0 Å². The van der Waals surface area contributed by atoms with E-state index in [9.17, 15) is 9.59 Å². The zero-order valence-corrected chi connectivity index (χ0v) is 26.0. The van der Waals surface area contributed by atoms with Gasteiger partial charge in [0.1, 0.15) is 23.1 Å². The van der Waals surface area contributed by atoms with Crippen LogP contribution >= 0.6 is 0 Å². The minimum Gasteiger partial charge on any atom is -0.497 e. The van der Waals surface area contributed by atoms with Gasteiger partial charge in [0.25, 0.3) is 0 Å². The first-order valence-corrected chi connectivity index (χ1v) is 15.1. The van der Waals surface area contributed by atoms with Crippen LogP contribution in [0.2, 0.25) is 0 Å². The summed E-state index contributed by atoms with van der Waals surface area (Å²) in [5.74, 6) is 2.72. The Morgan fingerprint density at radius 3 is 1.56 bits per heavy atom. The van der Waals surface area contributed by atoms with Crippen LogP contribution in [-0.4, -0.2) is 59.1 Å². The van der Waals surface area contributed by atoms with E-state index in [1.54, 1.807) is 45.9 Å². The molecule has 0 aliphatic heterocycles. The van der Waals surface area contributed by atoms with E-state index in [1.807, 2.05) is 24.3 Å². The molecule has 0 unspecified atom stereocenters. The molecule has 2 heterocycles. The number of methoxy groups -OCH3 is 2. The first-order chi connectivity index (χ1) is 21.8. The van der Waals surface area contributed by atoms with Gasteiger partial charge in [-0.2, -0.15) is 0 Å². The highest BCUT2D eigenvalue weighted by Gasteiger charge is 2.46. The molecule has 2 aliphatic rings. The minimum absolute atomic E-state index is 0.0174. The Morgan fingerprint density at radius 1 is 0.733 bits per heavy atom. The molecule has 10 heteroatoms. The Kier molecular flexibility index (Phi) is 9.83. The number of rotatable bonds is 12. The van der Waals surface area contributed by atoms with Gasteiger partial charge >= 0.3 is 5.97 Å². The molecule has 2 aliphatic carbocycles. The van der Waals surface area contributed by atoms with Gasteiger partial charge in [0.2, 0.25) is 0 Å². The van der Waals surface area contributed by atoms with Crippen molar-refractivity contribution in [1.29, 1.82) is 0 Å². The molecule has 10 nitrogen and oxygen atoms in total. The van der Waals surface area contributed by atoms with Gasteiger partial charge in [-0.05, 0) is 68.0 Å². The molecule has 2 aromatic carbocycles. The van der Waals surface area contributed by atoms with Crippen LogP contribution in [0.15, 0.2) is 73.3 Å². The normalized spacial score (nSPS) is 15.2. The van der Waals surface area contributed by atoms with Crippen molar-refractivity contribution in [3.8, 4) is 11.5 Å². The zero-order valence-electron chi connectivity index (χ0n) is 26.0. The van der Waals surface area contributed by atoms with Crippen LogP contribution in [0, 0.1) is 0 Å². The summed E-state index contributed by atoms with van der Waals surface area (Å²) < 4.78 is 15.6. The molecule has 0 amide bonds. The Bertz CT molecular complexity index is 1620. The lowest BCUT2D eigenvalue weighted by Gasteiger charge is -2.15. The largest absolute Gasteiger partial charge is 0.497 e. The molecule has 0 saturated heterocycles. The maximum absolute atomic E-state index is 11.6. The van der Waals surface area contributed by atoms with Crippen molar-refractivity contribution in [3.63, 3.8) is 0 Å². The lowest BCUT2D eigenvalue weighted by molar-refractivity contribution is 0.0525. The molecule has 2 saturated carbocycles. The molecule has 45 heavy (non-hydrogen) atoms. The van der Waals surface area contributed by atoms with Gasteiger partial charge in [0, 0.05) is 48.5 Å². The zero-order chi connectivity index (χ0) is 31.9. The number of benzene rings is 2. The highest BCUT2D eigenvalue weighted by atomic mass is 16.5. The summed E-state index contributed by atoms with van der Waals surface area (Å²) in [5, 5.41) is 0. The van der Waals surface area contributed by atoms with Crippen molar-refractivity contribution < 1.29 is 23.8 Å². The Hall–Kier alpha value is -4.70. The number of carbonyl (C=O) groups excluding carboxylic acids is 2. The van der Waals surface area contributed by atoms with Crippen LogP contribution in [0.25, 0.3) is 0 Å². The first-order valence-electron chi connectivity index (χ1n) is 15.1. The second-order valence-electron chi connectivity index (χ2n) is 11.5. The second kappa shape index (κ2) is 13.9. The molecule has 6 rings (SSSR count). The summed E-state index contributed by atoms with van der Waals surface area (Å²) in [6.45, 7) is 2.11. The first kappa shape index (κ1) is 31.7. The van der Waals surface area contributed by atoms with Crippen LogP contribution in [-0.2, 0) is 28.4 Å². The Balaban J connectivity index is 0.000000178. The van der Waals surface area contributed by atoms with Crippen molar-refractivity contribution >= 4 is 11.8 Å². The van der Waals surface area contributed by atoms with Gasteiger partial charge in [-0.1, -0.05) is 24.3 Å². The maximum atomic E-state index is 11.6. The number of ether oxygens (including phenoxy) is 3. The summed E-state index contributed by atoms with van der Waals surface area (Å²) in [4.78, 5) is 40.4. The summed E-state index contributed by atoms with van der Waals surface area (Å²) in [6, 6.07) is 16.3. The van der Waals surface area contributed by atoms with Crippen molar-refractivity contribution in [3.05, 3.63) is 107 Å². The van der Waals surface area contributed by atoms with Crippen LogP contribution in [0.1, 0.15) is 76.1 Å². The number of hydrogen-bond acceptors (Lipinski definition) is 10.